The summed E-state index contributed by atoms with van der Waals surface area (Å²) in [7, 11) is 0. The first kappa shape index (κ1) is 18.4. The standard InChI is InChI=1S/C23H27NO2/c1-23(2)16-21(14-9-15-26-18-20-12-7-4-8-13-20)22(25)24(23)17-19-10-5-3-6-11-19/h3-8,10-13,16H,9,14-15,17-18H2,1-2H3. The number of hydrogen-bond donors (Lipinski definition) is 0. The SMILES string of the molecule is CC1(C)C=C(CCCOCc2ccccc2)C(=O)N1Cc1ccccc1. The van der Waals surface area contributed by atoms with Crippen LogP contribution in [-0.2, 0) is 22.7 Å². The van der Waals surface area contributed by atoms with Crippen molar-refractivity contribution in [1.82, 2.24) is 4.90 Å². The highest BCUT2D eigenvalue weighted by molar-refractivity contribution is 5.97. The molecule has 3 nitrogen and oxygen atoms in total. The zero-order valence-electron chi connectivity index (χ0n) is 15.7. The molecule has 26 heavy (non-hydrogen) atoms. The van der Waals surface area contributed by atoms with Gasteiger partial charge in [-0.3, -0.25) is 4.79 Å². The molecule has 3 heteroatoms. The van der Waals surface area contributed by atoms with Crippen LogP contribution >= 0.6 is 0 Å². The maximum atomic E-state index is 12.8. The minimum atomic E-state index is -0.243. The molecule has 2 aromatic rings. The number of hydrogen-bond acceptors (Lipinski definition) is 2. The molecule has 1 heterocycles. The lowest BCUT2D eigenvalue weighted by atomic mass is 10.0. The fourth-order valence-electron chi connectivity index (χ4n) is 3.35. The molecule has 0 bridgehead atoms. The number of rotatable bonds is 8. The molecule has 2 aromatic carbocycles. The summed E-state index contributed by atoms with van der Waals surface area (Å²) in [6.07, 6.45) is 3.75. The average Bonchev–Trinajstić information content (AvgIpc) is 2.86. The number of carbonyl (C=O) groups excluding carboxylic acids is 1. The van der Waals surface area contributed by atoms with Gasteiger partial charge in [-0.05, 0) is 37.8 Å². The van der Waals surface area contributed by atoms with Crippen LogP contribution in [0, 0.1) is 0 Å². The molecule has 1 amide bonds. The number of ether oxygens (including phenoxy) is 1. The molecule has 0 aliphatic carbocycles. The molecular formula is C23H27NO2. The van der Waals surface area contributed by atoms with E-state index in [9.17, 15) is 4.79 Å². The summed E-state index contributed by atoms with van der Waals surface area (Å²) in [4.78, 5) is 14.8. The van der Waals surface area contributed by atoms with Crippen LogP contribution in [-0.4, -0.2) is 23.0 Å². The van der Waals surface area contributed by atoms with Crippen LogP contribution in [0.1, 0.15) is 37.8 Å². The van der Waals surface area contributed by atoms with Gasteiger partial charge < -0.3 is 9.64 Å². The van der Waals surface area contributed by atoms with Crippen LogP contribution in [0.2, 0.25) is 0 Å². The van der Waals surface area contributed by atoms with Gasteiger partial charge in [0.2, 0.25) is 0 Å². The zero-order valence-corrected chi connectivity index (χ0v) is 15.7. The van der Waals surface area contributed by atoms with Crippen LogP contribution in [0.5, 0.6) is 0 Å². The smallest absolute Gasteiger partial charge is 0.250 e. The normalized spacial score (nSPS) is 16.0. The molecule has 0 N–H and O–H groups in total. The third kappa shape index (κ3) is 4.61. The highest BCUT2D eigenvalue weighted by Gasteiger charge is 2.37. The Kier molecular flexibility index (Phi) is 5.89. The summed E-state index contributed by atoms with van der Waals surface area (Å²) >= 11 is 0. The first-order valence-corrected chi connectivity index (χ1v) is 9.25. The molecule has 0 radical (unpaired) electrons. The van der Waals surface area contributed by atoms with Gasteiger partial charge in [-0.1, -0.05) is 66.7 Å². The topological polar surface area (TPSA) is 29.5 Å². The first-order chi connectivity index (χ1) is 12.6. The van der Waals surface area contributed by atoms with Gasteiger partial charge in [0.05, 0.1) is 12.1 Å². The quantitative estimate of drug-likeness (QED) is 0.645. The van der Waals surface area contributed by atoms with Crippen LogP contribution < -0.4 is 0 Å². The Morgan fingerprint density at radius 2 is 1.54 bits per heavy atom. The van der Waals surface area contributed by atoms with Crippen molar-refractivity contribution in [3.8, 4) is 0 Å². The van der Waals surface area contributed by atoms with Gasteiger partial charge in [-0.25, -0.2) is 0 Å². The molecule has 0 aromatic heterocycles. The maximum Gasteiger partial charge on any atom is 0.250 e. The Bertz CT molecular complexity index is 750. The number of amides is 1. The first-order valence-electron chi connectivity index (χ1n) is 9.25. The molecule has 3 rings (SSSR count). The molecule has 1 aliphatic rings. The molecule has 0 unspecified atom stereocenters. The van der Waals surface area contributed by atoms with Gasteiger partial charge in [-0.2, -0.15) is 0 Å². The molecule has 0 fully saturated rings. The van der Waals surface area contributed by atoms with Crippen molar-refractivity contribution in [3.63, 3.8) is 0 Å². The maximum absolute atomic E-state index is 12.8. The molecule has 1 aliphatic heterocycles. The fraction of sp³-hybridized carbons (Fsp3) is 0.348. The van der Waals surface area contributed by atoms with Crippen LogP contribution in [0.3, 0.4) is 0 Å². The Morgan fingerprint density at radius 1 is 0.923 bits per heavy atom. The van der Waals surface area contributed by atoms with E-state index in [4.69, 9.17) is 4.74 Å². The minimum Gasteiger partial charge on any atom is -0.377 e. The fourth-order valence-corrected chi connectivity index (χ4v) is 3.35. The predicted octanol–water partition coefficient (Wildman–Crippen LogP) is 4.73. The van der Waals surface area contributed by atoms with E-state index in [0.29, 0.717) is 19.8 Å². The third-order valence-corrected chi connectivity index (χ3v) is 4.77. The van der Waals surface area contributed by atoms with E-state index in [1.54, 1.807) is 0 Å². The summed E-state index contributed by atoms with van der Waals surface area (Å²) in [5.41, 5.74) is 3.01. The number of nitrogens with zero attached hydrogens (tertiary/aromatic N) is 1. The van der Waals surface area contributed by atoms with E-state index in [1.165, 1.54) is 5.56 Å². The molecular weight excluding hydrogens is 322 g/mol. The van der Waals surface area contributed by atoms with Crippen LogP contribution in [0.15, 0.2) is 72.3 Å². The summed E-state index contributed by atoms with van der Waals surface area (Å²) in [5, 5.41) is 0. The Hall–Kier alpha value is -2.39. The molecule has 136 valence electrons. The largest absolute Gasteiger partial charge is 0.377 e. The van der Waals surface area contributed by atoms with Crippen LogP contribution in [0.4, 0.5) is 0 Å². The molecule has 0 saturated heterocycles. The van der Waals surface area contributed by atoms with Crippen molar-refractivity contribution < 1.29 is 9.53 Å². The van der Waals surface area contributed by atoms with Gasteiger partial charge in [0.25, 0.3) is 5.91 Å². The summed E-state index contributed by atoms with van der Waals surface area (Å²) in [6.45, 7) is 6.15. The highest BCUT2D eigenvalue weighted by Crippen LogP contribution is 2.31. The van der Waals surface area contributed by atoms with Gasteiger partial charge in [0.1, 0.15) is 0 Å². The monoisotopic (exact) mass is 349 g/mol. The van der Waals surface area contributed by atoms with E-state index in [0.717, 1.165) is 24.0 Å². The van der Waals surface area contributed by atoms with Crippen molar-refractivity contribution in [2.75, 3.05) is 6.61 Å². The lowest BCUT2D eigenvalue weighted by Gasteiger charge is -2.31. The number of benzene rings is 2. The Balaban J connectivity index is 1.48. The van der Waals surface area contributed by atoms with Gasteiger partial charge in [0.15, 0.2) is 0 Å². The second-order valence-electron chi connectivity index (χ2n) is 7.34. The predicted molar refractivity (Wildman–Crippen MR) is 104 cm³/mol. The molecule has 0 atom stereocenters. The van der Waals surface area contributed by atoms with Crippen molar-refractivity contribution >= 4 is 5.91 Å². The Morgan fingerprint density at radius 3 is 2.19 bits per heavy atom. The summed E-state index contributed by atoms with van der Waals surface area (Å²) in [6, 6.07) is 20.3. The van der Waals surface area contributed by atoms with Crippen LogP contribution in [0.25, 0.3) is 0 Å². The molecule has 0 spiro atoms. The van der Waals surface area contributed by atoms with E-state index < -0.39 is 0 Å². The van der Waals surface area contributed by atoms with Gasteiger partial charge in [0, 0.05) is 18.7 Å². The third-order valence-electron chi connectivity index (χ3n) is 4.77. The lowest BCUT2D eigenvalue weighted by Crippen LogP contribution is -2.41. The lowest BCUT2D eigenvalue weighted by molar-refractivity contribution is -0.129. The van der Waals surface area contributed by atoms with Crippen molar-refractivity contribution in [1.29, 1.82) is 0 Å². The minimum absolute atomic E-state index is 0.155. The molecule has 0 saturated carbocycles. The van der Waals surface area contributed by atoms with E-state index in [1.807, 2.05) is 41.3 Å². The number of carbonyl (C=O) groups is 1. The van der Waals surface area contributed by atoms with Crippen molar-refractivity contribution in [3.05, 3.63) is 83.4 Å². The van der Waals surface area contributed by atoms with Gasteiger partial charge >= 0.3 is 0 Å². The highest BCUT2D eigenvalue weighted by atomic mass is 16.5. The zero-order chi connectivity index (χ0) is 18.4. The van der Waals surface area contributed by atoms with E-state index in [2.05, 4.69) is 44.2 Å². The second-order valence-corrected chi connectivity index (χ2v) is 7.34. The van der Waals surface area contributed by atoms with Crippen molar-refractivity contribution in [2.45, 2.75) is 45.4 Å². The van der Waals surface area contributed by atoms with Gasteiger partial charge in [-0.15, -0.1) is 0 Å². The average molecular weight is 349 g/mol. The Labute approximate surface area is 156 Å². The van der Waals surface area contributed by atoms with E-state index >= 15 is 0 Å². The second kappa shape index (κ2) is 8.33. The van der Waals surface area contributed by atoms with E-state index in [-0.39, 0.29) is 11.4 Å². The van der Waals surface area contributed by atoms with Crippen molar-refractivity contribution in [2.24, 2.45) is 0 Å². The summed E-state index contributed by atoms with van der Waals surface area (Å²) in [5.74, 6) is 0.155. The summed E-state index contributed by atoms with van der Waals surface area (Å²) < 4.78 is 5.74.